The zero-order valence-corrected chi connectivity index (χ0v) is 20.8. The van der Waals surface area contributed by atoms with Gasteiger partial charge in [-0.05, 0) is 30.2 Å². The number of alkyl halides is 3. The fraction of sp³-hybridized carbons (Fsp3) is 0.455. The van der Waals surface area contributed by atoms with E-state index in [1.54, 1.807) is 0 Å². The van der Waals surface area contributed by atoms with E-state index in [9.17, 15) is 26.4 Å². The lowest BCUT2D eigenvalue weighted by molar-refractivity contribution is -0.137. The number of carbonyl (C=O) groups excluding carboxylic acids is 1. The van der Waals surface area contributed by atoms with Gasteiger partial charge in [0.2, 0.25) is 15.9 Å². The van der Waals surface area contributed by atoms with Crippen molar-refractivity contribution < 1.29 is 35.9 Å². The number of methoxy groups -OCH3 is 1. The molecule has 194 valence electrons. The Morgan fingerprint density at radius 2 is 1.97 bits per heavy atom. The average Bonchev–Trinajstić information content (AvgIpc) is 3.14. The smallest absolute Gasteiger partial charge is 0.416 e. The molecule has 0 aliphatic carbocycles. The summed E-state index contributed by atoms with van der Waals surface area (Å²) in [6.07, 6.45) is -0.184. The highest BCUT2D eigenvalue weighted by atomic mass is 35.5. The lowest BCUT2D eigenvalue weighted by Crippen LogP contribution is -2.31. The molecule has 2 aromatic rings. The van der Waals surface area contributed by atoms with E-state index in [1.165, 1.54) is 30.0 Å². The second-order valence-electron chi connectivity index (χ2n) is 7.54. The number of ether oxygens (including phenoxy) is 2. The van der Waals surface area contributed by atoms with Crippen LogP contribution in [0, 0.1) is 0 Å². The van der Waals surface area contributed by atoms with Crippen LogP contribution in [-0.2, 0) is 32.3 Å². The van der Waals surface area contributed by atoms with Gasteiger partial charge >= 0.3 is 6.18 Å². The first-order chi connectivity index (χ1) is 16.4. The lowest BCUT2D eigenvalue weighted by atomic mass is 10.1. The number of hydrogen-bond acceptors (Lipinski definition) is 6. The first kappa shape index (κ1) is 28.7. The van der Waals surface area contributed by atoms with E-state index in [2.05, 4.69) is 5.10 Å². The lowest BCUT2D eigenvalue weighted by Gasteiger charge is -2.11. The molecule has 1 amide bonds. The van der Waals surface area contributed by atoms with E-state index in [0.717, 1.165) is 31.1 Å². The monoisotopic (exact) mass is 537 g/mol. The van der Waals surface area contributed by atoms with E-state index >= 15 is 0 Å². The number of carbonyl (C=O) groups is 1. The number of nitrogens with zero attached hydrogens (tertiary/aromatic N) is 2. The summed E-state index contributed by atoms with van der Waals surface area (Å²) in [5.74, 6) is -0.830. The topological polar surface area (TPSA) is 99.5 Å². The Bertz CT molecular complexity index is 1130. The van der Waals surface area contributed by atoms with E-state index < -0.39 is 27.7 Å². The molecule has 0 aliphatic rings. The van der Waals surface area contributed by atoms with Crippen molar-refractivity contribution in [3.8, 4) is 5.88 Å². The van der Waals surface area contributed by atoms with Crippen molar-refractivity contribution in [3.05, 3.63) is 52.2 Å². The fourth-order valence-electron chi connectivity index (χ4n) is 2.92. The molecule has 1 heterocycles. The summed E-state index contributed by atoms with van der Waals surface area (Å²) in [6.45, 7) is 2.39. The minimum atomic E-state index is -4.53. The summed E-state index contributed by atoms with van der Waals surface area (Å²) in [4.78, 5) is 12.2. The molecule has 0 bridgehead atoms. The molecular weight excluding hydrogens is 511 g/mol. The second kappa shape index (κ2) is 12.9. The molecule has 0 atom stereocenters. The maximum absolute atomic E-state index is 12.9. The highest BCUT2D eigenvalue weighted by Crippen LogP contribution is 2.32. The standard InChI is InChI=1S/C22H27ClF3N3O5S/c1-3-4-5-12-35(31,32)28-20(30)9-8-18-14-21(34-11-10-33-2)27-29(18)15-16-6-7-17(13-19(16)23)22(24,25)26/h6-9,13-14H,3-5,10-12,15H2,1-2H3,(H,28,30)/b9-8+. The molecule has 35 heavy (non-hydrogen) atoms. The van der Waals surface area contributed by atoms with Crippen LogP contribution in [0.2, 0.25) is 5.02 Å². The normalized spacial score (nSPS) is 12.3. The first-order valence-electron chi connectivity index (χ1n) is 10.7. The molecule has 1 N–H and O–H groups in total. The van der Waals surface area contributed by atoms with Crippen LogP contribution in [0.4, 0.5) is 13.2 Å². The summed E-state index contributed by atoms with van der Waals surface area (Å²) in [6, 6.07) is 4.46. The quantitative estimate of drug-likeness (QED) is 0.302. The van der Waals surface area contributed by atoms with Crippen molar-refractivity contribution in [3.63, 3.8) is 0 Å². The predicted octanol–water partition coefficient (Wildman–Crippen LogP) is 4.28. The third-order valence-corrected chi connectivity index (χ3v) is 6.39. The minimum Gasteiger partial charge on any atom is -0.474 e. The van der Waals surface area contributed by atoms with Gasteiger partial charge in [-0.25, -0.2) is 13.1 Å². The minimum absolute atomic E-state index is 0.0266. The first-order valence-corrected chi connectivity index (χ1v) is 12.8. The number of benzene rings is 1. The van der Waals surface area contributed by atoms with Crippen LogP contribution in [0.1, 0.15) is 43.0 Å². The molecule has 0 radical (unpaired) electrons. The van der Waals surface area contributed by atoms with Gasteiger partial charge in [-0.1, -0.05) is 37.4 Å². The largest absolute Gasteiger partial charge is 0.474 e. The molecule has 1 aromatic carbocycles. The van der Waals surface area contributed by atoms with E-state index in [-0.39, 0.29) is 29.8 Å². The van der Waals surface area contributed by atoms with Crippen LogP contribution < -0.4 is 9.46 Å². The number of hydrogen-bond donors (Lipinski definition) is 1. The predicted molar refractivity (Wildman–Crippen MR) is 126 cm³/mol. The highest BCUT2D eigenvalue weighted by molar-refractivity contribution is 7.90. The Morgan fingerprint density at radius 1 is 1.23 bits per heavy atom. The summed E-state index contributed by atoms with van der Waals surface area (Å²) < 4.78 is 76.5. The summed E-state index contributed by atoms with van der Waals surface area (Å²) in [5.41, 5.74) is -0.192. The number of halogens is 4. The zero-order valence-electron chi connectivity index (χ0n) is 19.3. The van der Waals surface area contributed by atoms with E-state index in [4.69, 9.17) is 21.1 Å². The highest BCUT2D eigenvalue weighted by Gasteiger charge is 2.31. The Balaban J connectivity index is 2.23. The number of unbranched alkanes of at least 4 members (excludes halogenated alkanes) is 2. The van der Waals surface area contributed by atoms with Crippen LogP contribution in [-0.4, -0.2) is 50.2 Å². The van der Waals surface area contributed by atoms with Crippen LogP contribution in [0.25, 0.3) is 6.08 Å². The van der Waals surface area contributed by atoms with Crippen molar-refractivity contribution in [2.45, 2.75) is 38.9 Å². The summed E-state index contributed by atoms with van der Waals surface area (Å²) in [7, 11) is -2.27. The van der Waals surface area contributed by atoms with Gasteiger partial charge in [-0.3, -0.25) is 9.48 Å². The third-order valence-electron chi connectivity index (χ3n) is 4.70. The van der Waals surface area contributed by atoms with Gasteiger partial charge in [0.15, 0.2) is 0 Å². The molecule has 0 aliphatic heterocycles. The Hall–Kier alpha value is -2.57. The summed E-state index contributed by atoms with van der Waals surface area (Å²) >= 11 is 6.06. The molecule has 0 spiro atoms. The van der Waals surface area contributed by atoms with Gasteiger partial charge in [0.05, 0.1) is 30.2 Å². The Morgan fingerprint density at radius 3 is 2.60 bits per heavy atom. The molecule has 8 nitrogen and oxygen atoms in total. The van der Waals surface area contributed by atoms with Gasteiger partial charge in [0.1, 0.15) is 6.61 Å². The second-order valence-corrected chi connectivity index (χ2v) is 9.78. The van der Waals surface area contributed by atoms with E-state index in [0.29, 0.717) is 24.3 Å². The van der Waals surface area contributed by atoms with Gasteiger partial charge in [0, 0.05) is 24.3 Å². The van der Waals surface area contributed by atoms with Crippen LogP contribution in [0.15, 0.2) is 30.3 Å². The maximum Gasteiger partial charge on any atom is 0.416 e. The third kappa shape index (κ3) is 9.54. The molecule has 0 fully saturated rings. The Labute approximate surface area is 207 Å². The van der Waals surface area contributed by atoms with Crippen molar-refractivity contribution in [1.29, 1.82) is 0 Å². The van der Waals surface area contributed by atoms with Gasteiger partial charge in [-0.2, -0.15) is 13.2 Å². The van der Waals surface area contributed by atoms with Crippen molar-refractivity contribution in [2.24, 2.45) is 0 Å². The molecular formula is C22H27ClF3N3O5S. The molecule has 13 heteroatoms. The number of sulfonamides is 1. The zero-order chi connectivity index (χ0) is 26.1. The van der Waals surface area contributed by atoms with Gasteiger partial charge in [-0.15, -0.1) is 5.10 Å². The summed E-state index contributed by atoms with van der Waals surface area (Å²) in [5, 5.41) is 4.14. The number of nitrogens with one attached hydrogen (secondary N) is 1. The van der Waals surface area contributed by atoms with Crippen molar-refractivity contribution in [2.75, 3.05) is 26.1 Å². The molecule has 2 rings (SSSR count). The maximum atomic E-state index is 12.9. The van der Waals surface area contributed by atoms with E-state index in [1.807, 2.05) is 11.6 Å². The molecule has 1 aromatic heterocycles. The van der Waals surface area contributed by atoms with Crippen LogP contribution in [0.5, 0.6) is 5.88 Å². The molecule has 0 saturated carbocycles. The van der Waals surface area contributed by atoms with Crippen LogP contribution >= 0.6 is 11.6 Å². The SMILES string of the molecule is CCCCCS(=O)(=O)NC(=O)/C=C/c1cc(OCCOC)nn1Cc1ccc(C(F)(F)F)cc1Cl. The molecule has 0 unspecified atom stereocenters. The fourth-order valence-corrected chi connectivity index (χ4v) is 4.22. The van der Waals surface area contributed by atoms with Crippen molar-refractivity contribution in [1.82, 2.24) is 14.5 Å². The van der Waals surface area contributed by atoms with Gasteiger partial charge < -0.3 is 9.47 Å². The number of amides is 1. The number of rotatable bonds is 13. The number of aromatic nitrogens is 2. The van der Waals surface area contributed by atoms with Gasteiger partial charge in [0.25, 0.3) is 5.91 Å². The Kier molecular flexibility index (Phi) is 10.6. The average molecular weight is 538 g/mol. The molecule has 0 saturated heterocycles. The van der Waals surface area contributed by atoms with Crippen molar-refractivity contribution >= 4 is 33.6 Å². The van der Waals surface area contributed by atoms with Crippen LogP contribution in [0.3, 0.4) is 0 Å².